The normalized spacial score (nSPS) is 14.7. The Labute approximate surface area is 186 Å². The van der Waals surface area contributed by atoms with Crippen molar-refractivity contribution in [2.75, 3.05) is 36.5 Å². The van der Waals surface area contributed by atoms with Gasteiger partial charge in [0.25, 0.3) is 5.91 Å². The van der Waals surface area contributed by atoms with E-state index in [1.54, 1.807) is 11.3 Å². The Morgan fingerprint density at radius 1 is 1.13 bits per heavy atom. The lowest BCUT2D eigenvalue weighted by Gasteiger charge is -2.28. The Hall–Kier alpha value is -2.71. The van der Waals surface area contributed by atoms with Crippen LogP contribution >= 0.6 is 11.3 Å². The molecule has 2 aromatic rings. The summed E-state index contributed by atoms with van der Waals surface area (Å²) in [4.78, 5) is 41.0. The van der Waals surface area contributed by atoms with E-state index in [1.807, 2.05) is 44.2 Å². The van der Waals surface area contributed by atoms with Gasteiger partial charge in [0.2, 0.25) is 0 Å². The molecule has 7 nitrogen and oxygen atoms in total. The topological polar surface area (TPSA) is 84.9 Å². The Kier molecular flexibility index (Phi) is 7.81. The Bertz CT molecular complexity index is 932. The maximum Gasteiger partial charge on any atom is 0.307 e. The summed E-state index contributed by atoms with van der Waals surface area (Å²) in [6.45, 7) is 8.45. The zero-order valence-electron chi connectivity index (χ0n) is 18.1. The summed E-state index contributed by atoms with van der Waals surface area (Å²) >= 11 is 1.56. The van der Waals surface area contributed by atoms with Crippen LogP contribution in [-0.2, 0) is 19.1 Å². The Morgan fingerprint density at radius 3 is 2.42 bits per heavy atom. The minimum atomic E-state index is -0.952. The molecule has 1 aromatic carbocycles. The van der Waals surface area contributed by atoms with E-state index < -0.39 is 18.0 Å². The molecule has 0 saturated carbocycles. The summed E-state index contributed by atoms with van der Waals surface area (Å²) in [7, 11) is 0. The largest absolute Gasteiger partial charge is 0.453 e. The molecule has 1 aliphatic rings. The van der Waals surface area contributed by atoms with Crippen molar-refractivity contribution in [1.82, 2.24) is 0 Å². The molecule has 0 radical (unpaired) electrons. The molecule has 8 heteroatoms. The maximum absolute atomic E-state index is 12.4. The van der Waals surface area contributed by atoms with E-state index in [9.17, 15) is 14.4 Å². The van der Waals surface area contributed by atoms with Crippen molar-refractivity contribution in [2.45, 2.75) is 39.7 Å². The molecule has 1 unspecified atom stereocenters. The number of aryl methyl sites for hydroxylation is 2. The molecule has 166 valence electrons. The fourth-order valence-electron chi connectivity index (χ4n) is 3.39. The predicted molar refractivity (Wildman–Crippen MR) is 121 cm³/mol. The van der Waals surface area contributed by atoms with Gasteiger partial charge < -0.3 is 19.7 Å². The second kappa shape index (κ2) is 10.5. The highest BCUT2D eigenvalue weighted by Crippen LogP contribution is 2.22. The number of ether oxygens (including phenoxy) is 2. The number of nitrogens with zero attached hydrogens (tertiary/aromatic N) is 1. The van der Waals surface area contributed by atoms with Crippen molar-refractivity contribution in [1.29, 1.82) is 0 Å². The smallest absolute Gasteiger partial charge is 0.307 e. The molecular weight excluding hydrogens is 416 g/mol. The standard InChI is InChI=1S/C23H28N2O5S/c1-15-14-20(17(3)31-15)21(26)8-9-22(27)30-16(2)23(28)24-18-4-6-19(7-5-18)25-10-12-29-13-11-25/h4-7,14,16H,8-13H2,1-3H3,(H,24,28). The predicted octanol–water partition coefficient (Wildman–Crippen LogP) is 3.73. The van der Waals surface area contributed by atoms with Gasteiger partial charge in [0.1, 0.15) is 0 Å². The number of morpholine rings is 1. The van der Waals surface area contributed by atoms with Crippen LogP contribution in [0.2, 0.25) is 0 Å². The summed E-state index contributed by atoms with van der Waals surface area (Å²) in [6.07, 6.45) is -0.946. The first kappa shape index (κ1) is 23.0. The van der Waals surface area contributed by atoms with Crippen LogP contribution in [0, 0.1) is 13.8 Å². The van der Waals surface area contributed by atoms with E-state index in [0.717, 1.165) is 28.5 Å². The number of hydrogen-bond donors (Lipinski definition) is 1. The van der Waals surface area contributed by atoms with Gasteiger partial charge in [-0.05, 0) is 51.1 Å². The summed E-state index contributed by atoms with van der Waals surface area (Å²) in [5.41, 5.74) is 2.35. The lowest BCUT2D eigenvalue weighted by Crippen LogP contribution is -2.36. The van der Waals surface area contributed by atoms with Crippen LogP contribution < -0.4 is 10.2 Å². The van der Waals surface area contributed by atoms with Crippen molar-refractivity contribution < 1.29 is 23.9 Å². The molecule has 1 aliphatic heterocycles. The van der Waals surface area contributed by atoms with Crippen LogP contribution in [0.15, 0.2) is 30.3 Å². The van der Waals surface area contributed by atoms with E-state index in [-0.39, 0.29) is 18.6 Å². The van der Waals surface area contributed by atoms with Crippen molar-refractivity contribution in [3.8, 4) is 0 Å². The van der Waals surface area contributed by atoms with Crippen LogP contribution in [0.4, 0.5) is 11.4 Å². The van der Waals surface area contributed by atoms with E-state index in [0.29, 0.717) is 24.5 Å². The number of amides is 1. The van der Waals surface area contributed by atoms with E-state index in [4.69, 9.17) is 9.47 Å². The number of benzene rings is 1. The third kappa shape index (κ3) is 6.38. The number of rotatable bonds is 8. The molecule has 1 amide bonds. The van der Waals surface area contributed by atoms with Gasteiger partial charge in [0.05, 0.1) is 19.6 Å². The summed E-state index contributed by atoms with van der Waals surface area (Å²) in [5.74, 6) is -1.07. The fourth-order valence-corrected chi connectivity index (χ4v) is 4.33. The van der Waals surface area contributed by atoms with Gasteiger partial charge in [-0.1, -0.05) is 0 Å². The molecule has 0 aliphatic carbocycles. The third-order valence-corrected chi connectivity index (χ3v) is 6.05. The van der Waals surface area contributed by atoms with Crippen LogP contribution in [0.3, 0.4) is 0 Å². The monoisotopic (exact) mass is 444 g/mol. The maximum atomic E-state index is 12.4. The highest BCUT2D eigenvalue weighted by molar-refractivity contribution is 7.12. The summed E-state index contributed by atoms with van der Waals surface area (Å²) < 4.78 is 10.6. The van der Waals surface area contributed by atoms with Gasteiger partial charge in [-0.2, -0.15) is 0 Å². The van der Waals surface area contributed by atoms with Gasteiger partial charge in [-0.25, -0.2) is 0 Å². The number of thiophene rings is 1. The van der Waals surface area contributed by atoms with E-state index >= 15 is 0 Å². The van der Waals surface area contributed by atoms with Crippen molar-refractivity contribution >= 4 is 40.4 Å². The molecule has 0 bridgehead atoms. The molecule has 2 heterocycles. The Balaban J connectivity index is 1.44. The number of carbonyl (C=O) groups is 3. The molecule has 1 atom stereocenters. The number of ketones is 1. The number of anilines is 2. The number of esters is 1. The van der Waals surface area contributed by atoms with Gasteiger partial charge >= 0.3 is 5.97 Å². The average molecular weight is 445 g/mol. The third-order valence-electron chi connectivity index (χ3n) is 5.09. The molecule has 1 fully saturated rings. The first-order chi connectivity index (χ1) is 14.8. The van der Waals surface area contributed by atoms with E-state index in [2.05, 4.69) is 10.2 Å². The molecule has 31 heavy (non-hydrogen) atoms. The fraction of sp³-hybridized carbons (Fsp3) is 0.435. The van der Waals surface area contributed by atoms with Crippen LogP contribution in [-0.4, -0.2) is 50.1 Å². The Morgan fingerprint density at radius 2 is 1.81 bits per heavy atom. The van der Waals surface area contributed by atoms with Crippen LogP contribution in [0.25, 0.3) is 0 Å². The van der Waals surface area contributed by atoms with Gasteiger partial charge in [0.15, 0.2) is 11.9 Å². The quantitative estimate of drug-likeness (QED) is 0.493. The lowest BCUT2D eigenvalue weighted by molar-refractivity contribution is -0.153. The van der Waals surface area contributed by atoms with Gasteiger partial charge in [0, 0.05) is 46.2 Å². The highest BCUT2D eigenvalue weighted by atomic mass is 32.1. The number of nitrogens with one attached hydrogen (secondary N) is 1. The van der Waals surface area contributed by atoms with Crippen molar-refractivity contribution in [3.05, 3.63) is 45.6 Å². The van der Waals surface area contributed by atoms with Gasteiger partial charge in [-0.3, -0.25) is 14.4 Å². The molecule has 1 saturated heterocycles. The second-order valence-corrected chi connectivity index (χ2v) is 8.98. The zero-order valence-corrected chi connectivity index (χ0v) is 18.9. The van der Waals surface area contributed by atoms with Crippen molar-refractivity contribution in [2.24, 2.45) is 0 Å². The SMILES string of the molecule is Cc1cc(C(=O)CCC(=O)OC(C)C(=O)Nc2ccc(N3CCOCC3)cc2)c(C)s1. The molecule has 1 aromatic heterocycles. The van der Waals surface area contributed by atoms with Crippen molar-refractivity contribution in [3.63, 3.8) is 0 Å². The number of carbonyl (C=O) groups excluding carboxylic acids is 3. The van der Waals surface area contributed by atoms with Gasteiger partial charge in [-0.15, -0.1) is 11.3 Å². The molecule has 3 rings (SSSR count). The van der Waals surface area contributed by atoms with E-state index in [1.165, 1.54) is 6.92 Å². The molecular formula is C23H28N2O5S. The first-order valence-corrected chi connectivity index (χ1v) is 11.2. The zero-order chi connectivity index (χ0) is 22.4. The molecule has 1 N–H and O–H groups in total. The minimum Gasteiger partial charge on any atom is -0.453 e. The van der Waals surface area contributed by atoms with Crippen LogP contribution in [0.1, 0.15) is 39.9 Å². The minimum absolute atomic E-state index is 0.0565. The molecule has 0 spiro atoms. The van der Waals surface area contributed by atoms with Crippen LogP contribution in [0.5, 0.6) is 0 Å². The number of Topliss-reactive ketones (excluding diaryl/α,β-unsaturated/α-hetero) is 1. The summed E-state index contributed by atoms with van der Waals surface area (Å²) in [5, 5.41) is 2.75. The number of hydrogen-bond acceptors (Lipinski definition) is 7. The second-order valence-electron chi connectivity index (χ2n) is 7.52. The highest BCUT2D eigenvalue weighted by Gasteiger charge is 2.20. The first-order valence-electron chi connectivity index (χ1n) is 10.4. The average Bonchev–Trinajstić information content (AvgIpc) is 3.11. The summed E-state index contributed by atoms with van der Waals surface area (Å²) in [6, 6.07) is 9.37. The lowest BCUT2D eigenvalue weighted by atomic mass is 10.1.